The summed E-state index contributed by atoms with van der Waals surface area (Å²) in [6, 6.07) is 0. The number of carbonyl (C=O) groups excluding carboxylic acids is 1. The normalized spacial score (nSPS) is 15.8. The Morgan fingerprint density at radius 2 is 2.31 bits per heavy atom. The van der Waals surface area contributed by atoms with E-state index in [1.807, 2.05) is 27.0 Å². The Kier molecular flexibility index (Phi) is 2.61. The second kappa shape index (κ2) is 3.81. The maximum absolute atomic E-state index is 11.8. The Hall–Kier alpha value is -1.52. The molecular weight excluding hydrogens is 206 g/mol. The van der Waals surface area contributed by atoms with Crippen LogP contribution in [0.25, 0.3) is 0 Å². The van der Waals surface area contributed by atoms with Gasteiger partial charge in [-0.15, -0.1) is 5.10 Å². The summed E-state index contributed by atoms with van der Waals surface area (Å²) in [5, 5.41) is 5.97. The summed E-state index contributed by atoms with van der Waals surface area (Å²) in [4.78, 5) is 13.5. The number of carbonyl (C=O) groups is 1. The van der Waals surface area contributed by atoms with Crippen molar-refractivity contribution < 1.29 is 14.6 Å². The molecule has 2 heterocycles. The van der Waals surface area contributed by atoms with Crippen molar-refractivity contribution in [2.75, 3.05) is 6.54 Å². The number of amides is 1. The molecule has 1 aromatic heterocycles. The van der Waals surface area contributed by atoms with Crippen molar-refractivity contribution in [2.24, 2.45) is 0 Å². The Bertz CT molecular complexity index is 392. The van der Waals surface area contributed by atoms with Crippen LogP contribution in [0.15, 0.2) is 6.20 Å². The number of nitrogens with zero attached hydrogens (tertiary/aromatic N) is 1. The number of H-pyrrole nitrogens is 2. The summed E-state index contributed by atoms with van der Waals surface area (Å²) in [6.45, 7) is 6.94. The summed E-state index contributed by atoms with van der Waals surface area (Å²) in [5.74, 6) is 0. The maximum atomic E-state index is 11.8. The molecule has 2 N–H and O–H groups in total. The van der Waals surface area contributed by atoms with Crippen LogP contribution in [0.1, 0.15) is 32.0 Å². The van der Waals surface area contributed by atoms with E-state index in [-0.39, 0.29) is 6.09 Å². The summed E-state index contributed by atoms with van der Waals surface area (Å²) >= 11 is 0. The van der Waals surface area contributed by atoms with Crippen LogP contribution in [0.2, 0.25) is 0 Å². The molecule has 0 unspecified atom stereocenters. The molecule has 0 saturated heterocycles. The quantitative estimate of drug-likeness (QED) is 0.718. The van der Waals surface area contributed by atoms with Gasteiger partial charge in [-0.3, -0.25) is 0 Å². The zero-order chi connectivity index (χ0) is 11.8. The summed E-state index contributed by atoms with van der Waals surface area (Å²) in [7, 11) is 0. The van der Waals surface area contributed by atoms with E-state index in [4.69, 9.17) is 4.74 Å². The average Bonchev–Trinajstić information content (AvgIpc) is 2.61. The number of aromatic nitrogens is 2. The van der Waals surface area contributed by atoms with Gasteiger partial charge in [0.1, 0.15) is 11.3 Å². The molecule has 16 heavy (non-hydrogen) atoms. The van der Waals surface area contributed by atoms with Crippen molar-refractivity contribution >= 4 is 6.09 Å². The van der Waals surface area contributed by atoms with Crippen molar-refractivity contribution in [3.05, 3.63) is 17.5 Å². The van der Waals surface area contributed by atoms with E-state index in [0.29, 0.717) is 13.1 Å². The molecule has 0 spiro atoms. The van der Waals surface area contributed by atoms with Gasteiger partial charge in [0, 0.05) is 12.1 Å². The summed E-state index contributed by atoms with van der Waals surface area (Å²) < 4.78 is 5.33. The predicted octanol–water partition coefficient (Wildman–Crippen LogP) is 1.12. The molecule has 0 aliphatic carbocycles. The van der Waals surface area contributed by atoms with Gasteiger partial charge in [-0.25, -0.2) is 4.79 Å². The first kappa shape index (κ1) is 11.0. The van der Waals surface area contributed by atoms with E-state index in [0.717, 1.165) is 12.1 Å². The topological polar surface area (TPSA) is 59.5 Å². The molecule has 2 rings (SSSR count). The molecule has 0 bridgehead atoms. The molecule has 5 nitrogen and oxygen atoms in total. The first-order chi connectivity index (χ1) is 7.46. The van der Waals surface area contributed by atoms with Crippen molar-refractivity contribution in [2.45, 2.75) is 39.3 Å². The van der Waals surface area contributed by atoms with Crippen LogP contribution in [0.5, 0.6) is 0 Å². The van der Waals surface area contributed by atoms with Gasteiger partial charge in [0.2, 0.25) is 0 Å². The van der Waals surface area contributed by atoms with Crippen LogP contribution < -0.4 is 5.10 Å². The van der Waals surface area contributed by atoms with Crippen molar-refractivity contribution in [3.63, 3.8) is 0 Å². The zero-order valence-corrected chi connectivity index (χ0v) is 9.96. The zero-order valence-electron chi connectivity index (χ0n) is 9.96. The van der Waals surface area contributed by atoms with Gasteiger partial charge in [0.05, 0.1) is 6.54 Å². The molecule has 88 valence electrons. The molecule has 1 aliphatic rings. The third-order valence-electron chi connectivity index (χ3n) is 2.51. The second-order valence-corrected chi connectivity index (χ2v) is 5.07. The van der Waals surface area contributed by atoms with Crippen molar-refractivity contribution in [1.29, 1.82) is 0 Å². The van der Waals surface area contributed by atoms with Gasteiger partial charge in [-0.2, -0.15) is 5.10 Å². The number of hydrogen-bond acceptors (Lipinski definition) is 2. The van der Waals surface area contributed by atoms with Crippen LogP contribution in [0.4, 0.5) is 4.79 Å². The minimum atomic E-state index is -0.431. The van der Waals surface area contributed by atoms with E-state index in [1.54, 1.807) is 4.90 Å². The molecule has 0 atom stereocenters. The van der Waals surface area contributed by atoms with Crippen LogP contribution >= 0.6 is 0 Å². The lowest BCUT2D eigenvalue weighted by atomic mass is 10.1. The van der Waals surface area contributed by atoms with Gasteiger partial charge in [0.15, 0.2) is 6.20 Å². The highest BCUT2D eigenvalue weighted by Crippen LogP contribution is 2.17. The van der Waals surface area contributed by atoms with E-state index in [1.165, 1.54) is 5.56 Å². The highest BCUT2D eigenvalue weighted by Gasteiger charge is 2.27. The average molecular weight is 224 g/mol. The Labute approximate surface area is 94.8 Å². The van der Waals surface area contributed by atoms with E-state index in [9.17, 15) is 4.79 Å². The summed E-state index contributed by atoms with van der Waals surface area (Å²) in [6.07, 6.45) is 2.57. The molecular formula is C11H18N3O2+. The van der Waals surface area contributed by atoms with Gasteiger partial charge in [-0.1, -0.05) is 0 Å². The maximum Gasteiger partial charge on any atom is 0.410 e. The molecule has 1 aliphatic heterocycles. The fourth-order valence-electron chi connectivity index (χ4n) is 1.75. The Morgan fingerprint density at radius 3 is 3.00 bits per heavy atom. The fourth-order valence-corrected chi connectivity index (χ4v) is 1.75. The Morgan fingerprint density at radius 1 is 1.56 bits per heavy atom. The number of fused-ring (bicyclic) bond motifs is 1. The molecule has 1 aromatic rings. The summed E-state index contributed by atoms with van der Waals surface area (Å²) in [5.41, 5.74) is 1.89. The van der Waals surface area contributed by atoms with Crippen molar-refractivity contribution in [3.8, 4) is 0 Å². The number of nitrogens with one attached hydrogen (secondary N) is 2. The minimum Gasteiger partial charge on any atom is -0.444 e. The standard InChI is InChI=1S/C11H17N3O2/c1-11(2,3)16-10(15)14-5-4-8-6-12-13-9(8)7-14/h6H,4-5,7H2,1-3H3,(H,12,13)/p+1. The van der Waals surface area contributed by atoms with Gasteiger partial charge in [-0.05, 0) is 27.2 Å². The Balaban J connectivity index is 2.01. The van der Waals surface area contributed by atoms with Gasteiger partial charge < -0.3 is 9.64 Å². The highest BCUT2D eigenvalue weighted by atomic mass is 16.6. The first-order valence-corrected chi connectivity index (χ1v) is 5.50. The largest absolute Gasteiger partial charge is 0.444 e. The molecule has 0 radical (unpaired) electrons. The molecule has 0 saturated carbocycles. The van der Waals surface area contributed by atoms with E-state index < -0.39 is 5.60 Å². The van der Waals surface area contributed by atoms with Gasteiger partial charge >= 0.3 is 6.09 Å². The number of ether oxygens (including phenoxy) is 1. The van der Waals surface area contributed by atoms with Crippen LogP contribution in [0, 0.1) is 0 Å². The van der Waals surface area contributed by atoms with E-state index >= 15 is 0 Å². The van der Waals surface area contributed by atoms with Crippen LogP contribution in [-0.2, 0) is 17.7 Å². The third-order valence-corrected chi connectivity index (χ3v) is 2.51. The fraction of sp³-hybridized carbons (Fsp3) is 0.636. The van der Waals surface area contributed by atoms with E-state index in [2.05, 4.69) is 10.2 Å². The number of hydrogen-bond donors (Lipinski definition) is 1. The third kappa shape index (κ3) is 2.35. The number of rotatable bonds is 0. The molecule has 5 heteroatoms. The molecule has 0 fully saturated rings. The lowest BCUT2D eigenvalue weighted by Gasteiger charge is -2.28. The first-order valence-electron chi connectivity index (χ1n) is 5.50. The SMILES string of the molecule is CC(C)(C)OC(=O)N1CCc2c[nH+][nH]c2C1. The second-order valence-electron chi connectivity index (χ2n) is 5.07. The van der Waals surface area contributed by atoms with Crippen LogP contribution in [0.3, 0.4) is 0 Å². The molecule has 1 amide bonds. The predicted molar refractivity (Wildman–Crippen MR) is 57.7 cm³/mol. The molecule has 0 aromatic carbocycles. The van der Waals surface area contributed by atoms with Crippen LogP contribution in [-0.4, -0.2) is 28.2 Å². The smallest absolute Gasteiger partial charge is 0.410 e. The van der Waals surface area contributed by atoms with Gasteiger partial charge in [0.25, 0.3) is 0 Å². The monoisotopic (exact) mass is 224 g/mol. The lowest BCUT2D eigenvalue weighted by molar-refractivity contribution is -0.450. The lowest BCUT2D eigenvalue weighted by Crippen LogP contribution is -2.39. The van der Waals surface area contributed by atoms with Crippen molar-refractivity contribution in [1.82, 2.24) is 10.00 Å². The number of aromatic amines is 2. The minimum absolute atomic E-state index is 0.243. The highest BCUT2D eigenvalue weighted by molar-refractivity contribution is 5.68.